The summed E-state index contributed by atoms with van der Waals surface area (Å²) in [6.07, 6.45) is 0. The van der Waals surface area contributed by atoms with Crippen LogP contribution in [-0.2, 0) is 11.3 Å². The van der Waals surface area contributed by atoms with Gasteiger partial charge in [-0.2, -0.15) is 0 Å². The number of carbonyl (C=O) groups is 1. The van der Waals surface area contributed by atoms with Crippen molar-refractivity contribution in [3.63, 3.8) is 0 Å². The minimum Gasteiger partial charge on any atom is -0.478 e. The Morgan fingerprint density at radius 3 is 2.45 bits per heavy atom. The van der Waals surface area contributed by atoms with Gasteiger partial charge in [0.1, 0.15) is 11.6 Å². The molecule has 0 heterocycles. The standard InChI is InChI=1S/C15H12F2O3/c1-20-8-10-6-9(15(18)19)2-4-12(10)13-5-3-11(16)7-14(13)17/h2-7H,8H2,1H3,(H,18,19). The quantitative estimate of drug-likeness (QED) is 0.931. The molecule has 0 spiro atoms. The highest BCUT2D eigenvalue weighted by molar-refractivity contribution is 5.89. The van der Waals surface area contributed by atoms with E-state index in [0.29, 0.717) is 11.1 Å². The lowest BCUT2D eigenvalue weighted by atomic mass is 9.97. The summed E-state index contributed by atoms with van der Waals surface area (Å²) in [5, 5.41) is 8.97. The van der Waals surface area contributed by atoms with E-state index in [2.05, 4.69) is 0 Å². The van der Waals surface area contributed by atoms with E-state index in [0.717, 1.165) is 12.1 Å². The van der Waals surface area contributed by atoms with Gasteiger partial charge in [-0.1, -0.05) is 6.07 Å². The average molecular weight is 278 g/mol. The van der Waals surface area contributed by atoms with E-state index in [1.54, 1.807) is 0 Å². The zero-order chi connectivity index (χ0) is 14.7. The average Bonchev–Trinajstić information content (AvgIpc) is 2.39. The van der Waals surface area contributed by atoms with Crippen molar-refractivity contribution in [2.75, 3.05) is 7.11 Å². The number of carboxylic acid groups (broad SMARTS) is 1. The van der Waals surface area contributed by atoms with Gasteiger partial charge in [-0.3, -0.25) is 0 Å². The maximum atomic E-state index is 13.8. The van der Waals surface area contributed by atoms with Crippen LogP contribution in [0.2, 0.25) is 0 Å². The molecule has 2 aromatic carbocycles. The summed E-state index contributed by atoms with van der Waals surface area (Å²) in [4.78, 5) is 11.0. The van der Waals surface area contributed by atoms with Crippen molar-refractivity contribution in [1.82, 2.24) is 0 Å². The SMILES string of the molecule is COCc1cc(C(=O)O)ccc1-c1ccc(F)cc1F. The van der Waals surface area contributed by atoms with Crippen LogP contribution in [0.4, 0.5) is 8.78 Å². The first kappa shape index (κ1) is 14.1. The predicted molar refractivity (Wildman–Crippen MR) is 69.5 cm³/mol. The smallest absolute Gasteiger partial charge is 0.335 e. The fraction of sp³-hybridized carbons (Fsp3) is 0.133. The van der Waals surface area contributed by atoms with Crippen LogP contribution >= 0.6 is 0 Å². The van der Waals surface area contributed by atoms with Crippen molar-refractivity contribution in [1.29, 1.82) is 0 Å². The van der Waals surface area contributed by atoms with Crippen LogP contribution in [0, 0.1) is 11.6 Å². The summed E-state index contributed by atoms with van der Waals surface area (Å²) in [5.41, 5.74) is 1.30. The highest BCUT2D eigenvalue weighted by Gasteiger charge is 2.13. The number of aromatic carboxylic acids is 1. The molecule has 3 nitrogen and oxygen atoms in total. The molecule has 2 aromatic rings. The van der Waals surface area contributed by atoms with E-state index in [-0.39, 0.29) is 17.7 Å². The van der Waals surface area contributed by atoms with Crippen LogP contribution in [0.25, 0.3) is 11.1 Å². The number of halogens is 2. The van der Waals surface area contributed by atoms with Gasteiger partial charge in [0.15, 0.2) is 0 Å². The Morgan fingerprint density at radius 1 is 1.15 bits per heavy atom. The van der Waals surface area contributed by atoms with Crippen LogP contribution in [0.15, 0.2) is 36.4 Å². The van der Waals surface area contributed by atoms with Crippen molar-refractivity contribution < 1.29 is 23.4 Å². The molecule has 0 saturated heterocycles. The summed E-state index contributed by atoms with van der Waals surface area (Å²) >= 11 is 0. The highest BCUT2D eigenvalue weighted by Crippen LogP contribution is 2.28. The Kier molecular flexibility index (Phi) is 4.10. The van der Waals surface area contributed by atoms with Gasteiger partial charge in [0.25, 0.3) is 0 Å². The van der Waals surface area contributed by atoms with Gasteiger partial charge in [0.2, 0.25) is 0 Å². The van der Waals surface area contributed by atoms with Crippen molar-refractivity contribution in [3.8, 4) is 11.1 Å². The number of methoxy groups -OCH3 is 1. The second-order valence-electron chi connectivity index (χ2n) is 4.23. The van der Waals surface area contributed by atoms with Gasteiger partial charge < -0.3 is 9.84 Å². The number of carboxylic acids is 1. The largest absolute Gasteiger partial charge is 0.478 e. The second kappa shape index (κ2) is 5.79. The third-order valence-corrected chi connectivity index (χ3v) is 2.87. The molecule has 0 unspecified atom stereocenters. The zero-order valence-corrected chi connectivity index (χ0v) is 10.7. The van der Waals surface area contributed by atoms with Gasteiger partial charge in [-0.15, -0.1) is 0 Å². The number of rotatable bonds is 4. The molecule has 0 fully saturated rings. The molecular formula is C15H12F2O3. The van der Waals surface area contributed by atoms with Crippen LogP contribution in [-0.4, -0.2) is 18.2 Å². The minimum absolute atomic E-state index is 0.0864. The van der Waals surface area contributed by atoms with E-state index in [1.807, 2.05) is 0 Å². The first-order valence-electron chi connectivity index (χ1n) is 5.83. The van der Waals surface area contributed by atoms with Crippen LogP contribution in [0.5, 0.6) is 0 Å². The minimum atomic E-state index is -1.08. The molecule has 20 heavy (non-hydrogen) atoms. The molecule has 1 N–H and O–H groups in total. The topological polar surface area (TPSA) is 46.5 Å². The lowest BCUT2D eigenvalue weighted by Gasteiger charge is -2.11. The van der Waals surface area contributed by atoms with Crippen molar-refractivity contribution in [3.05, 3.63) is 59.2 Å². The second-order valence-corrected chi connectivity index (χ2v) is 4.23. The summed E-state index contributed by atoms with van der Waals surface area (Å²) in [7, 11) is 1.46. The molecule has 0 saturated carbocycles. The third-order valence-electron chi connectivity index (χ3n) is 2.87. The van der Waals surface area contributed by atoms with Gasteiger partial charge in [0, 0.05) is 18.7 Å². The summed E-state index contributed by atoms with van der Waals surface area (Å²) < 4.78 is 31.8. The molecule has 0 amide bonds. The molecule has 2 rings (SSSR count). The van der Waals surface area contributed by atoms with Crippen LogP contribution in [0.3, 0.4) is 0 Å². The normalized spacial score (nSPS) is 10.6. The number of benzene rings is 2. The van der Waals surface area contributed by atoms with Gasteiger partial charge in [-0.05, 0) is 35.4 Å². The number of hydrogen-bond donors (Lipinski definition) is 1. The molecule has 0 bridgehead atoms. The molecule has 0 aliphatic carbocycles. The molecule has 0 aliphatic rings. The van der Waals surface area contributed by atoms with Crippen LogP contribution in [0.1, 0.15) is 15.9 Å². The summed E-state index contributed by atoms with van der Waals surface area (Å²) in [6.45, 7) is 0.132. The molecule has 5 heteroatoms. The Morgan fingerprint density at radius 2 is 1.85 bits per heavy atom. The molecule has 0 aromatic heterocycles. The molecule has 0 aliphatic heterocycles. The first-order valence-corrected chi connectivity index (χ1v) is 5.83. The van der Waals surface area contributed by atoms with Gasteiger partial charge >= 0.3 is 5.97 Å². The van der Waals surface area contributed by atoms with Crippen molar-refractivity contribution in [2.45, 2.75) is 6.61 Å². The number of hydrogen-bond acceptors (Lipinski definition) is 2. The molecule has 0 radical (unpaired) electrons. The zero-order valence-electron chi connectivity index (χ0n) is 10.7. The fourth-order valence-corrected chi connectivity index (χ4v) is 1.97. The van der Waals surface area contributed by atoms with Crippen LogP contribution < -0.4 is 0 Å². The van der Waals surface area contributed by atoms with Crippen molar-refractivity contribution >= 4 is 5.97 Å². The third kappa shape index (κ3) is 2.83. The molecule has 0 atom stereocenters. The van der Waals surface area contributed by atoms with Gasteiger partial charge in [0.05, 0.1) is 12.2 Å². The summed E-state index contributed by atoms with van der Waals surface area (Å²) in [5.74, 6) is -2.44. The van der Waals surface area contributed by atoms with E-state index in [4.69, 9.17) is 9.84 Å². The Hall–Kier alpha value is -2.27. The maximum absolute atomic E-state index is 13.8. The fourth-order valence-electron chi connectivity index (χ4n) is 1.97. The lowest BCUT2D eigenvalue weighted by Crippen LogP contribution is -2.01. The van der Waals surface area contributed by atoms with Crippen molar-refractivity contribution in [2.24, 2.45) is 0 Å². The first-order chi connectivity index (χ1) is 9.52. The highest BCUT2D eigenvalue weighted by atomic mass is 19.1. The number of ether oxygens (including phenoxy) is 1. The molecule has 104 valence electrons. The van der Waals surface area contributed by atoms with Gasteiger partial charge in [-0.25, -0.2) is 13.6 Å². The monoisotopic (exact) mass is 278 g/mol. The van der Waals surface area contributed by atoms with E-state index >= 15 is 0 Å². The predicted octanol–water partition coefficient (Wildman–Crippen LogP) is 3.48. The summed E-state index contributed by atoms with van der Waals surface area (Å²) in [6, 6.07) is 7.55. The Balaban J connectivity index is 2.57. The molecular weight excluding hydrogens is 266 g/mol. The lowest BCUT2D eigenvalue weighted by molar-refractivity contribution is 0.0696. The van der Waals surface area contributed by atoms with E-state index in [1.165, 1.54) is 31.4 Å². The Bertz CT molecular complexity index is 654. The maximum Gasteiger partial charge on any atom is 0.335 e. The van der Waals surface area contributed by atoms with E-state index < -0.39 is 17.6 Å². The Labute approximate surface area is 114 Å². The van der Waals surface area contributed by atoms with E-state index in [9.17, 15) is 13.6 Å².